The van der Waals surface area contributed by atoms with E-state index in [4.69, 9.17) is 4.98 Å². The van der Waals surface area contributed by atoms with E-state index < -0.39 is 20.7 Å². The summed E-state index contributed by atoms with van der Waals surface area (Å²) >= 11 is 1.53. The molecule has 0 aromatic carbocycles. The molecular weight excluding hydrogens is 482 g/mol. The van der Waals surface area contributed by atoms with Crippen molar-refractivity contribution in [2.75, 3.05) is 33.2 Å². The number of carbonyl (C=O) groups is 1. The third kappa shape index (κ3) is 4.94. The van der Waals surface area contributed by atoms with Crippen molar-refractivity contribution in [1.82, 2.24) is 14.8 Å². The predicted molar refractivity (Wildman–Crippen MR) is 140 cm³/mol. The van der Waals surface area contributed by atoms with Gasteiger partial charge in [-0.05, 0) is 64.3 Å². The van der Waals surface area contributed by atoms with Gasteiger partial charge in [0, 0.05) is 42.9 Å². The van der Waals surface area contributed by atoms with Crippen LogP contribution in [0.5, 0.6) is 0 Å². The molecule has 2 aliphatic carbocycles. The highest BCUT2D eigenvalue weighted by Crippen LogP contribution is 2.57. The number of aliphatic hydroxyl groups is 1. The van der Waals surface area contributed by atoms with Crippen molar-refractivity contribution < 1.29 is 18.3 Å². The van der Waals surface area contributed by atoms with E-state index in [0.717, 1.165) is 51.1 Å². The maximum atomic E-state index is 13.3. The Morgan fingerprint density at radius 1 is 1.26 bits per heavy atom. The number of piperazine rings is 1. The Morgan fingerprint density at radius 3 is 2.49 bits per heavy atom. The zero-order valence-electron chi connectivity index (χ0n) is 22.4. The van der Waals surface area contributed by atoms with Crippen molar-refractivity contribution in [2.45, 2.75) is 83.3 Å². The molecule has 3 aliphatic rings. The number of thiazole rings is 1. The van der Waals surface area contributed by atoms with E-state index in [1.165, 1.54) is 16.2 Å². The van der Waals surface area contributed by atoms with Crippen LogP contribution in [0.15, 0.2) is 0 Å². The molecule has 2 heterocycles. The van der Waals surface area contributed by atoms with Crippen LogP contribution in [0.3, 0.4) is 0 Å². The first-order chi connectivity index (χ1) is 16.1. The maximum absolute atomic E-state index is 13.3. The van der Waals surface area contributed by atoms with Crippen molar-refractivity contribution in [3.8, 4) is 0 Å². The van der Waals surface area contributed by atoms with Gasteiger partial charge in [0.05, 0.1) is 16.5 Å². The molecule has 0 spiro atoms. The molecule has 1 saturated carbocycles. The standard InChI is InChI=1S/C26H43N3O4S2/c1-16(24(31)29-12-10-28(7)11-13-29)18-8-9-26(6)14-19-22(17(2)21(26)23(18)30)27-20(34-19)15-35(32,33)25(3,4)5/h16-18,21,23,30H,8-15H2,1-7H3/t16-,17-,18+,21+,23-,26-/m0/s1. The van der Waals surface area contributed by atoms with Crippen molar-refractivity contribution in [3.05, 3.63) is 15.6 Å². The van der Waals surface area contributed by atoms with Crippen LogP contribution in [0.25, 0.3) is 0 Å². The van der Waals surface area contributed by atoms with E-state index in [2.05, 4.69) is 25.8 Å². The van der Waals surface area contributed by atoms with E-state index >= 15 is 0 Å². The summed E-state index contributed by atoms with van der Waals surface area (Å²) in [7, 11) is -1.23. The largest absolute Gasteiger partial charge is 0.392 e. The lowest BCUT2D eigenvalue weighted by Gasteiger charge is -2.53. The van der Waals surface area contributed by atoms with Crippen LogP contribution >= 0.6 is 11.3 Å². The fourth-order valence-corrected chi connectivity index (χ4v) is 9.23. The average molecular weight is 526 g/mol. The Kier molecular flexibility index (Phi) is 7.23. The highest BCUT2D eigenvalue weighted by molar-refractivity contribution is 7.92. The molecule has 1 aliphatic heterocycles. The van der Waals surface area contributed by atoms with Crippen LogP contribution in [0.2, 0.25) is 0 Å². The first-order valence-electron chi connectivity index (χ1n) is 13.0. The van der Waals surface area contributed by atoms with Gasteiger partial charge in [-0.2, -0.15) is 0 Å². The lowest BCUT2D eigenvalue weighted by molar-refractivity contribution is -0.146. The normalized spacial score (nSPS) is 33.2. The van der Waals surface area contributed by atoms with Gasteiger partial charge in [0.15, 0.2) is 9.84 Å². The Labute approximate surface area is 215 Å². The topological polar surface area (TPSA) is 90.8 Å². The number of sulfone groups is 1. The lowest BCUT2D eigenvalue weighted by atomic mass is 9.53. The highest BCUT2D eigenvalue weighted by Gasteiger charge is 2.54. The molecule has 6 atom stereocenters. The first kappa shape index (κ1) is 27.0. The number of nitrogens with zero attached hydrogens (tertiary/aromatic N) is 3. The van der Waals surface area contributed by atoms with E-state index in [-0.39, 0.29) is 40.7 Å². The molecule has 1 aromatic heterocycles. The van der Waals surface area contributed by atoms with Gasteiger partial charge in [-0.1, -0.05) is 20.8 Å². The van der Waals surface area contributed by atoms with Gasteiger partial charge in [-0.25, -0.2) is 13.4 Å². The van der Waals surface area contributed by atoms with Crippen molar-refractivity contribution in [2.24, 2.45) is 23.2 Å². The van der Waals surface area contributed by atoms with Gasteiger partial charge in [0.25, 0.3) is 0 Å². The number of hydrogen-bond acceptors (Lipinski definition) is 7. The van der Waals surface area contributed by atoms with Gasteiger partial charge in [0.2, 0.25) is 5.91 Å². The molecule has 1 amide bonds. The number of likely N-dealkylation sites (N-methyl/N-ethyl adjacent to an activating group) is 1. The SMILES string of the molecule is C[C@H](C(=O)N1CCN(C)CC1)[C@H]1CC[C@@]2(C)Cc3sc(CS(=O)(=O)C(C)(C)C)nc3[C@@H](C)[C@@H]2[C@H]1O. The third-order valence-electron chi connectivity index (χ3n) is 9.06. The summed E-state index contributed by atoms with van der Waals surface area (Å²) in [5.74, 6) is -0.124. The fourth-order valence-electron chi connectivity index (χ4n) is 6.54. The van der Waals surface area contributed by atoms with Crippen LogP contribution in [0.4, 0.5) is 0 Å². The molecule has 9 heteroatoms. The van der Waals surface area contributed by atoms with Crippen LogP contribution in [-0.4, -0.2) is 78.3 Å². The second-order valence-electron chi connectivity index (χ2n) is 12.5. The number of fused-ring (bicyclic) bond motifs is 2. The average Bonchev–Trinajstić information content (AvgIpc) is 3.13. The van der Waals surface area contributed by atoms with Crippen LogP contribution in [-0.2, 0) is 26.8 Å². The Hall–Kier alpha value is -1.03. The van der Waals surface area contributed by atoms with Gasteiger partial charge in [-0.3, -0.25) is 4.79 Å². The van der Waals surface area contributed by atoms with Crippen molar-refractivity contribution in [3.63, 3.8) is 0 Å². The molecule has 0 unspecified atom stereocenters. The van der Waals surface area contributed by atoms with E-state index in [0.29, 0.717) is 5.01 Å². The van der Waals surface area contributed by atoms with Crippen molar-refractivity contribution in [1.29, 1.82) is 0 Å². The van der Waals surface area contributed by atoms with Gasteiger partial charge >= 0.3 is 0 Å². The minimum Gasteiger partial charge on any atom is -0.392 e. The summed E-state index contributed by atoms with van der Waals surface area (Å²) in [5, 5.41) is 12.3. The van der Waals surface area contributed by atoms with Gasteiger partial charge < -0.3 is 14.9 Å². The van der Waals surface area contributed by atoms with E-state index in [1.54, 1.807) is 20.8 Å². The third-order valence-corrected chi connectivity index (χ3v) is 12.8. The number of carbonyl (C=O) groups excluding carboxylic acids is 1. The molecule has 0 bridgehead atoms. The molecular formula is C26H43N3O4S2. The summed E-state index contributed by atoms with van der Waals surface area (Å²) in [6.45, 7) is 14.9. The van der Waals surface area contributed by atoms with Crippen LogP contribution in [0, 0.1) is 23.2 Å². The molecule has 4 rings (SSSR count). The van der Waals surface area contributed by atoms with Gasteiger partial charge in [-0.15, -0.1) is 11.3 Å². The number of hydrogen-bond donors (Lipinski definition) is 1. The molecule has 2 fully saturated rings. The molecule has 1 N–H and O–H groups in total. The minimum absolute atomic E-state index is 0.00524. The van der Waals surface area contributed by atoms with Gasteiger partial charge in [0.1, 0.15) is 10.8 Å². The summed E-state index contributed by atoms with van der Waals surface area (Å²) in [6.07, 6.45) is 2.03. The Morgan fingerprint density at radius 2 is 1.89 bits per heavy atom. The zero-order chi connectivity index (χ0) is 25.9. The van der Waals surface area contributed by atoms with E-state index in [9.17, 15) is 18.3 Å². The van der Waals surface area contributed by atoms with Crippen LogP contribution < -0.4 is 0 Å². The molecule has 198 valence electrons. The fraction of sp³-hybridized carbons (Fsp3) is 0.846. The lowest BCUT2D eigenvalue weighted by Crippen LogP contribution is -2.55. The minimum atomic E-state index is -3.31. The van der Waals surface area contributed by atoms with Crippen LogP contribution in [0.1, 0.15) is 75.9 Å². The smallest absolute Gasteiger partial charge is 0.225 e. The second-order valence-corrected chi connectivity index (χ2v) is 16.5. The summed E-state index contributed by atoms with van der Waals surface area (Å²) in [6, 6.07) is 0. The zero-order valence-corrected chi connectivity index (χ0v) is 24.0. The number of aromatic nitrogens is 1. The molecule has 7 nitrogen and oxygen atoms in total. The molecule has 35 heavy (non-hydrogen) atoms. The maximum Gasteiger partial charge on any atom is 0.225 e. The van der Waals surface area contributed by atoms with Crippen molar-refractivity contribution >= 4 is 27.1 Å². The predicted octanol–water partition coefficient (Wildman–Crippen LogP) is 3.32. The Bertz CT molecular complexity index is 1060. The molecule has 0 radical (unpaired) electrons. The number of aliphatic hydroxyl groups excluding tert-OH is 1. The summed E-state index contributed by atoms with van der Waals surface area (Å²) in [4.78, 5) is 23.5. The number of rotatable bonds is 4. The first-order valence-corrected chi connectivity index (χ1v) is 15.5. The van der Waals surface area contributed by atoms with E-state index in [1.807, 2.05) is 11.8 Å². The summed E-state index contributed by atoms with van der Waals surface area (Å²) < 4.78 is 24.8. The monoisotopic (exact) mass is 525 g/mol. The number of amides is 1. The quantitative estimate of drug-likeness (QED) is 0.649. The highest BCUT2D eigenvalue weighted by atomic mass is 32.2. The summed E-state index contributed by atoms with van der Waals surface area (Å²) in [5.41, 5.74) is 0.875. The molecule has 1 saturated heterocycles. The second kappa shape index (κ2) is 9.37. The Balaban J connectivity index is 1.54. The molecule has 1 aromatic rings.